The molecule has 162 valence electrons. The van der Waals surface area contributed by atoms with Crippen molar-refractivity contribution in [2.75, 3.05) is 13.1 Å². The van der Waals surface area contributed by atoms with Gasteiger partial charge in [0, 0.05) is 32.4 Å². The van der Waals surface area contributed by atoms with E-state index in [4.69, 9.17) is 4.52 Å². The van der Waals surface area contributed by atoms with Gasteiger partial charge in [0.1, 0.15) is 6.04 Å². The van der Waals surface area contributed by atoms with E-state index in [1.807, 2.05) is 44.2 Å². The van der Waals surface area contributed by atoms with Crippen LogP contribution in [0.15, 0.2) is 34.9 Å². The van der Waals surface area contributed by atoms with E-state index in [1.165, 1.54) is 0 Å². The molecule has 1 aliphatic rings. The molecule has 4 rings (SSSR count). The second kappa shape index (κ2) is 8.33. The highest BCUT2D eigenvalue weighted by Crippen LogP contribution is 2.23. The molecular weight excluding hydrogens is 396 g/mol. The van der Waals surface area contributed by atoms with Crippen molar-refractivity contribution in [3.63, 3.8) is 0 Å². The van der Waals surface area contributed by atoms with Gasteiger partial charge in [-0.05, 0) is 26.3 Å². The van der Waals surface area contributed by atoms with Gasteiger partial charge in [0.15, 0.2) is 5.82 Å². The van der Waals surface area contributed by atoms with Gasteiger partial charge >= 0.3 is 0 Å². The van der Waals surface area contributed by atoms with Crippen LogP contribution in [0.5, 0.6) is 0 Å². The normalized spacial score (nSPS) is 16.8. The number of aryl methyl sites for hydroxylation is 3. The summed E-state index contributed by atoms with van der Waals surface area (Å²) in [5.41, 5.74) is 3.01. The van der Waals surface area contributed by atoms with Crippen LogP contribution in [0.25, 0.3) is 0 Å². The summed E-state index contributed by atoms with van der Waals surface area (Å²) in [4.78, 5) is 34.7. The summed E-state index contributed by atoms with van der Waals surface area (Å²) < 4.78 is 6.95. The van der Waals surface area contributed by atoms with Crippen molar-refractivity contribution in [3.05, 3.63) is 64.6 Å². The first-order chi connectivity index (χ1) is 14.8. The van der Waals surface area contributed by atoms with E-state index < -0.39 is 6.04 Å². The number of hydrogen-bond acceptors (Lipinski definition) is 6. The molecule has 1 unspecified atom stereocenters. The molecule has 0 bridgehead atoms. The van der Waals surface area contributed by atoms with Crippen LogP contribution in [-0.2, 0) is 24.8 Å². The second-order valence-electron chi connectivity index (χ2n) is 7.87. The van der Waals surface area contributed by atoms with Crippen LogP contribution in [0.4, 0.5) is 0 Å². The molecule has 3 aromatic rings. The zero-order valence-corrected chi connectivity index (χ0v) is 18.2. The maximum absolute atomic E-state index is 13.5. The molecule has 3 heterocycles. The van der Waals surface area contributed by atoms with Crippen molar-refractivity contribution < 1.29 is 14.1 Å². The molecule has 1 fully saturated rings. The number of benzene rings is 1. The van der Waals surface area contributed by atoms with E-state index in [0.717, 1.165) is 11.3 Å². The average Bonchev–Trinajstić information content (AvgIpc) is 3.27. The molecule has 2 aromatic heterocycles. The smallest absolute Gasteiger partial charge is 0.258 e. The number of aromatic nitrogens is 4. The van der Waals surface area contributed by atoms with Crippen LogP contribution >= 0.6 is 0 Å². The summed E-state index contributed by atoms with van der Waals surface area (Å²) in [7, 11) is 1.81. The standard InChI is InChI=1S/C22H26N6O3/c1-14-20(15(2)26(4)24-14)22(30)28-11-10-27(13-17-8-6-5-7-9-17)21(29)18(28)12-19-23-16(3)25-31-19/h5-9,18H,10-13H2,1-4H3. The molecule has 0 radical (unpaired) electrons. The fourth-order valence-corrected chi connectivity index (χ4v) is 4.05. The Bertz CT molecular complexity index is 1100. The molecular formula is C22H26N6O3. The minimum absolute atomic E-state index is 0.126. The van der Waals surface area contributed by atoms with Crippen molar-refractivity contribution in [2.45, 2.75) is 39.8 Å². The lowest BCUT2D eigenvalue weighted by Gasteiger charge is -2.40. The van der Waals surface area contributed by atoms with E-state index in [-0.39, 0.29) is 18.2 Å². The maximum Gasteiger partial charge on any atom is 0.258 e. The fraction of sp³-hybridized carbons (Fsp3) is 0.409. The van der Waals surface area contributed by atoms with Crippen LogP contribution in [0.3, 0.4) is 0 Å². The summed E-state index contributed by atoms with van der Waals surface area (Å²) in [5, 5.41) is 8.19. The van der Waals surface area contributed by atoms with Crippen LogP contribution in [0.1, 0.15) is 39.0 Å². The summed E-state index contributed by atoms with van der Waals surface area (Å²) in [5.74, 6) is 0.515. The third-order valence-electron chi connectivity index (χ3n) is 5.72. The number of amides is 2. The summed E-state index contributed by atoms with van der Waals surface area (Å²) >= 11 is 0. The minimum atomic E-state index is -0.719. The molecule has 0 saturated carbocycles. The van der Waals surface area contributed by atoms with E-state index in [2.05, 4.69) is 15.2 Å². The first-order valence-electron chi connectivity index (χ1n) is 10.3. The number of carbonyl (C=O) groups excluding carboxylic acids is 2. The monoisotopic (exact) mass is 422 g/mol. The molecule has 9 heteroatoms. The zero-order chi connectivity index (χ0) is 22.1. The highest BCUT2D eigenvalue weighted by molar-refractivity contribution is 6.00. The highest BCUT2D eigenvalue weighted by Gasteiger charge is 2.40. The topological polar surface area (TPSA) is 97.4 Å². The summed E-state index contributed by atoms with van der Waals surface area (Å²) in [6.07, 6.45) is 0.176. The molecule has 1 aromatic carbocycles. The molecule has 1 atom stereocenters. The van der Waals surface area contributed by atoms with Crippen LogP contribution in [0, 0.1) is 20.8 Å². The van der Waals surface area contributed by atoms with Gasteiger partial charge in [0.05, 0.1) is 17.7 Å². The summed E-state index contributed by atoms with van der Waals surface area (Å²) in [6, 6.07) is 9.11. The Kier molecular flexibility index (Phi) is 5.58. The minimum Gasteiger partial charge on any atom is -0.339 e. The Balaban J connectivity index is 1.64. The van der Waals surface area contributed by atoms with E-state index >= 15 is 0 Å². The zero-order valence-electron chi connectivity index (χ0n) is 18.2. The van der Waals surface area contributed by atoms with Gasteiger partial charge in [-0.1, -0.05) is 35.5 Å². The number of nitrogens with zero attached hydrogens (tertiary/aromatic N) is 6. The Morgan fingerprint density at radius 1 is 1.16 bits per heavy atom. The highest BCUT2D eigenvalue weighted by atomic mass is 16.5. The Morgan fingerprint density at radius 2 is 1.90 bits per heavy atom. The lowest BCUT2D eigenvalue weighted by atomic mass is 10.0. The van der Waals surface area contributed by atoms with Crippen LogP contribution in [-0.4, -0.2) is 60.7 Å². The third-order valence-corrected chi connectivity index (χ3v) is 5.72. The molecule has 31 heavy (non-hydrogen) atoms. The molecule has 0 aliphatic carbocycles. The van der Waals surface area contributed by atoms with Gasteiger partial charge in [0.2, 0.25) is 11.8 Å². The van der Waals surface area contributed by atoms with Crippen molar-refractivity contribution in [1.82, 2.24) is 29.7 Å². The van der Waals surface area contributed by atoms with Gasteiger partial charge in [-0.15, -0.1) is 0 Å². The van der Waals surface area contributed by atoms with E-state index in [1.54, 1.807) is 28.5 Å². The molecule has 0 spiro atoms. The van der Waals surface area contributed by atoms with Crippen molar-refractivity contribution in [2.24, 2.45) is 7.05 Å². The van der Waals surface area contributed by atoms with Gasteiger partial charge in [-0.2, -0.15) is 10.1 Å². The lowest BCUT2D eigenvalue weighted by molar-refractivity contribution is -0.141. The SMILES string of the molecule is Cc1noc(CC2C(=O)N(Cc3ccccc3)CCN2C(=O)c2c(C)nn(C)c2C)n1. The predicted octanol–water partition coefficient (Wildman–Crippen LogP) is 1.82. The van der Waals surface area contributed by atoms with Gasteiger partial charge in [0.25, 0.3) is 5.91 Å². The van der Waals surface area contributed by atoms with E-state index in [0.29, 0.717) is 42.6 Å². The molecule has 0 N–H and O–H groups in total. The van der Waals surface area contributed by atoms with Crippen LogP contribution < -0.4 is 0 Å². The Morgan fingerprint density at radius 3 is 2.52 bits per heavy atom. The van der Waals surface area contributed by atoms with Crippen molar-refractivity contribution >= 4 is 11.8 Å². The maximum atomic E-state index is 13.5. The van der Waals surface area contributed by atoms with Crippen molar-refractivity contribution in [1.29, 1.82) is 0 Å². The number of piperazine rings is 1. The first-order valence-corrected chi connectivity index (χ1v) is 10.3. The third kappa shape index (κ3) is 4.08. The Labute approximate surface area is 180 Å². The number of carbonyl (C=O) groups is 2. The molecule has 1 saturated heterocycles. The summed E-state index contributed by atoms with van der Waals surface area (Å²) in [6.45, 7) is 6.76. The first kappa shape index (κ1) is 20.8. The lowest BCUT2D eigenvalue weighted by Crippen LogP contribution is -2.59. The van der Waals surface area contributed by atoms with Gasteiger partial charge in [-0.3, -0.25) is 14.3 Å². The average molecular weight is 422 g/mol. The number of rotatable bonds is 5. The van der Waals surface area contributed by atoms with E-state index in [9.17, 15) is 9.59 Å². The second-order valence-corrected chi connectivity index (χ2v) is 7.87. The molecule has 9 nitrogen and oxygen atoms in total. The molecule has 1 aliphatic heterocycles. The van der Waals surface area contributed by atoms with Gasteiger partial charge < -0.3 is 14.3 Å². The van der Waals surface area contributed by atoms with Crippen molar-refractivity contribution in [3.8, 4) is 0 Å². The quantitative estimate of drug-likeness (QED) is 0.622. The fourth-order valence-electron chi connectivity index (χ4n) is 4.05. The van der Waals surface area contributed by atoms with Gasteiger partial charge in [-0.25, -0.2) is 0 Å². The number of hydrogen-bond donors (Lipinski definition) is 0. The predicted molar refractivity (Wildman–Crippen MR) is 112 cm³/mol. The molecule has 2 amide bonds. The Hall–Kier alpha value is -3.49. The van der Waals surface area contributed by atoms with Crippen LogP contribution in [0.2, 0.25) is 0 Å². The largest absolute Gasteiger partial charge is 0.339 e.